The van der Waals surface area contributed by atoms with Crippen molar-refractivity contribution in [3.05, 3.63) is 86.8 Å². The van der Waals surface area contributed by atoms with Gasteiger partial charge in [-0.2, -0.15) is 5.10 Å². The van der Waals surface area contributed by atoms with Crippen molar-refractivity contribution in [3.63, 3.8) is 0 Å². The number of aromatic nitrogens is 1. The van der Waals surface area contributed by atoms with Crippen LogP contribution < -0.4 is 25.5 Å². The summed E-state index contributed by atoms with van der Waals surface area (Å²) in [7, 11) is 1.62. The zero-order chi connectivity index (χ0) is 21.8. The molecule has 0 bridgehead atoms. The second kappa shape index (κ2) is 9.34. The first-order valence-corrected chi connectivity index (χ1v) is 10.8. The number of benzene rings is 3. The quantitative estimate of drug-likeness (QED) is 0.324. The zero-order valence-corrected chi connectivity index (χ0v) is 18.6. The minimum absolute atomic E-state index is 0.238. The first kappa shape index (κ1) is 21.1. The molecule has 31 heavy (non-hydrogen) atoms. The summed E-state index contributed by atoms with van der Waals surface area (Å²) in [5, 5.41) is 17.7. The fraction of sp³-hybridized carbons (Fsp3) is 0.0455. The highest BCUT2D eigenvalue weighted by Gasteiger charge is 2.06. The van der Waals surface area contributed by atoms with Crippen LogP contribution in [0.2, 0.25) is 10.0 Å². The molecular weight excluding hydrogens is 453 g/mol. The van der Waals surface area contributed by atoms with E-state index in [1.54, 1.807) is 25.3 Å². The van der Waals surface area contributed by atoms with Gasteiger partial charge in [-0.15, -0.1) is 11.3 Å². The molecule has 156 valence electrons. The molecule has 1 aromatic heterocycles. The Morgan fingerprint density at radius 2 is 1.81 bits per heavy atom. The fourth-order valence-electron chi connectivity index (χ4n) is 2.77. The molecular formula is C22H17Cl2N5OS. The second-order valence-corrected chi connectivity index (χ2v) is 8.31. The molecule has 0 aliphatic rings. The van der Waals surface area contributed by atoms with Crippen molar-refractivity contribution < 1.29 is 4.74 Å². The molecule has 9 heteroatoms. The number of nitrogens with one attached hydrogen (secondary N) is 3. The lowest BCUT2D eigenvalue weighted by atomic mass is 10.3. The van der Waals surface area contributed by atoms with Gasteiger partial charge in [0, 0.05) is 10.7 Å². The Kier molecular flexibility index (Phi) is 6.36. The molecule has 0 amide bonds. The third-order valence-electron chi connectivity index (χ3n) is 4.32. The van der Waals surface area contributed by atoms with E-state index in [9.17, 15) is 0 Å². The van der Waals surface area contributed by atoms with E-state index in [-0.39, 0.29) is 4.67 Å². The van der Waals surface area contributed by atoms with E-state index >= 15 is 0 Å². The van der Waals surface area contributed by atoms with E-state index < -0.39 is 0 Å². The Bertz CT molecular complexity index is 1370. The molecule has 0 saturated carbocycles. The molecule has 0 unspecified atom stereocenters. The largest absolute Gasteiger partial charge is 0.497 e. The number of nitrogens with zero attached hydrogens (tertiary/aromatic N) is 2. The summed E-state index contributed by atoms with van der Waals surface area (Å²) in [6.45, 7) is 0. The van der Waals surface area contributed by atoms with E-state index in [1.165, 1.54) is 11.3 Å². The highest BCUT2D eigenvalue weighted by atomic mass is 35.5. The molecule has 4 aromatic rings. The number of anilines is 3. The Morgan fingerprint density at radius 3 is 2.55 bits per heavy atom. The van der Waals surface area contributed by atoms with Gasteiger partial charge < -0.3 is 10.1 Å². The zero-order valence-electron chi connectivity index (χ0n) is 16.3. The minimum Gasteiger partial charge on any atom is -0.497 e. The van der Waals surface area contributed by atoms with Crippen LogP contribution in [0.3, 0.4) is 0 Å². The second-order valence-electron chi connectivity index (χ2n) is 6.41. The van der Waals surface area contributed by atoms with Gasteiger partial charge >= 0.3 is 0 Å². The van der Waals surface area contributed by atoms with Crippen LogP contribution in [0.25, 0.3) is 10.2 Å². The molecule has 6 nitrogen and oxygen atoms in total. The molecule has 4 rings (SSSR count). The first-order chi connectivity index (χ1) is 15.0. The van der Waals surface area contributed by atoms with Crippen LogP contribution in [-0.2, 0) is 0 Å². The van der Waals surface area contributed by atoms with Crippen molar-refractivity contribution in [2.45, 2.75) is 0 Å². The van der Waals surface area contributed by atoms with Crippen molar-refractivity contribution in [2.75, 3.05) is 17.9 Å². The summed E-state index contributed by atoms with van der Waals surface area (Å²) in [4.78, 5) is 4.75. The van der Waals surface area contributed by atoms with E-state index in [0.717, 1.165) is 21.7 Å². The normalized spacial score (nSPS) is 11.4. The van der Waals surface area contributed by atoms with Crippen LogP contribution in [0.5, 0.6) is 5.75 Å². The highest BCUT2D eigenvalue weighted by molar-refractivity contribution is 7.15. The molecule has 0 atom stereocenters. The number of rotatable bonds is 5. The van der Waals surface area contributed by atoms with Gasteiger partial charge in [0.2, 0.25) is 0 Å². The summed E-state index contributed by atoms with van der Waals surface area (Å²) in [5.41, 5.74) is 5.04. The lowest BCUT2D eigenvalue weighted by Gasteiger charge is -2.07. The molecule has 0 fully saturated rings. The molecule has 1 heterocycles. The number of ether oxygens (including phenoxy) is 1. The van der Waals surface area contributed by atoms with E-state index in [2.05, 4.69) is 15.8 Å². The van der Waals surface area contributed by atoms with Crippen LogP contribution in [0.1, 0.15) is 0 Å². The number of halogens is 2. The maximum absolute atomic E-state index is 8.63. The number of hydrogen-bond donors (Lipinski definition) is 3. The summed E-state index contributed by atoms with van der Waals surface area (Å²) in [6.07, 6.45) is 0. The van der Waals surface area contributed by atoms with Crippen molar-refractivity contribution in [1.82, 2.24) is 4.98 Å². The van der Waals surface area contributed by atoms with Crippen molar-refractivity contribution in [2.24, 2.45) is 5.10 Å². The van der Waals surface area contributed by atoms with Crippen LogP contribution in [0, 0.1) is 5.41 Å². The summed E-state index contributed by atoms with van der Waals surface area (Å²) >= 11 is 13.5. The Hall–Kier alpha value is -3.13. The van der Waals surface area contributed by atoms with Gasteiger partial charge in [0.05, 0.1) is 28.0 Å². The Morgan fingerprint density at radius 1 is 1.03 bits per heavy atom. The van der Waals surface area contributed by atoms with Gasteiger partial charge in [0.25, 0.3) is 0 Å². The molecule has 3 N–H and O–H groups in total. The van der Waals surface area contributed by atoms with Crippen LogP contribution >= 0.6 is 34.5 Å². The summed E-state index contributed by atoms with van der Waals surface area (Å²) < 4.78 is 6.33. The smallest absolute Gasteiger partial charge is 0.162 e. The van der Waals surface area contributed by atoms with E-state index in [0.29, 0.717) is 26.9 Å². The molecule has 3 aromatic carbocycles. The molecule has 0 aliphatic carbocycles. The van der Waals surface area contributed by atoms with Crippen LogP contribution in [0.4, 0.5) is 17.2 Å². The molecule has 0 radical (unpaired) electrons. The monoisotopic (exact) mass is 469 g/mol. The van der Waals surface area contributed by atoms with E-state index in [1.807, 2.05) is 48.5 Å². The van der Waals surface area contributed by atoms with Crippen LogP contribution in [0.15, 0.2) is 71.8 Å². The van der Waals surface area contributed by atoms with Gasteiger partial charge in [-0.3, -0.25) is 10.8 Å². The highest BCUT2D eigenvalue weighted by Crippen LogP contribution is 2.25. The fourth-order valence-corrected chi connectivity index (χ4v) is 4.05. The number of hydrogen-bond acceptors (Lipinski definition) is 7. The average molecular weight is 470 g/mol. The third kappa shape index (κ3) is 4.96. The number of fused-ring (bicyclic) bond motifs is 1. The topological polar surface area (TPSA) is 82.4 Å². The number of para-hydroxylation sites is 1. The van der Waals surface area contributed by atoms with E-state index in [4.69, 9.17) is 38.3 Å². The van der Waals surface area contributed by atoms with Gasteiger partial charge in [-0.05, 0) is 54.6 Å². The van der Waals surface area contributed by atoms with Crippen molar-refractivity contribution in [3.8, 4) is 5.75 Å². The Balaban J connectivity index is 1.85. The summed E-state index contributed by atoms with van der Waals surface area (Å²) in [6, 6.07) is 20.1. The van der Waals surface area contributed by atoms with Gasteiger partial charge in [0.1, 0.15) is 10.4 Å². The van der Waals surface area contributed by atoms with Crippen LogP contribution in [-0.4, -0.2) is 12.1 Å². The SMILES string of the molecule is COc1ccc(Nc2nc3ccccc3sc(=N)/c2=N\Nc2ccc(Cl)cc2Cl)cc1. The maximum Gasteiger partial charge on any atom is 0.162 e. The predicted molar refractivity (Wildman–Crippen MR) is 127 cm³/mol. The standard InChI is InChI=1S/C22H17Cl2N5OS/c1-30-15-9-7-14(8-10-15)26-22-20(29-28-17-11-6-13(23)12-16(17)24)21(25)31-19-5-3-2-4-18(19)27-22/h2-12,25,28H,1H3,(H,26,27)/b25-21?,29-20+. The number of methoxy groups -OCH3 is 1. The van der Waals surface area contributed by atoms with Gasteiger partial charge in [0.15, 0.2) is 11.2 Å². The lowest BCUT2D eigenvalue weighted by molar-refractivity contribution is 0.415. The molecule has 0 saturated heterocycles. The molecule has 0 aliphatic heterocycles. The lowest BCUT2D eigenvalue weighted by Crippen LogP contribution is -2.25. The maximum atomic E-state index is 8.63. The first-order valence-electron chi connectivity index (χ1n) is 9.18. The minimum atomic E-state index is 0.238. The third-order valence-corrected chi connectivity index (χ3v) is 5.83. The van der Waals surface area contributed by atoms with Gasteiger partial charge in [-0.1, -0.05) is 35.3 Å². The van der Waals surface area contributed by atoms with Crippen molar-refractivity contribution >= 4 is 61.9 Å². The Labute approximate surface area is 192 Å². The predicted octanol–water partition coefficient (Wildman–Crippen LogP) is 5.76. The average Bonchev–Trinajstić information content (AvgIpc) is 2.89. The summed E-state index contributed by atoms with van der Waals surface area (Å²) in [5.74, 6) is 1.18. The van der Waals surface area contributed by atoms with Crippen molar-refractivity contribution in [1.29, 1.82) is 5.41 Å². The molecule has 0 spiro atoms. The van der Waals surface area contributed by atoms with Gasteiger partial charge in [-0.25, -0.2) is 4.98 Å².